The molecule has 0 saturated carbocycles. The van der Waals surface area contributed by atoms with Crippen LogP contribution in [0, 0.1) is 5.41 Å². The number of amidine groups is 1. The third-order valence-corrected chi connectivity index (χ3v) is 4.33. The molecule has 0 amide bonds. The molecule has 3 N–H and O–H groups in total. The molecule has 0 aromatic heterocycles. The summed E-state index contributed by atoms with van der Waals surface area (Å²) in [5, 5.41) is 8.23. The second kappa shape index (κ2) is 6.33. The van der Waals surface area contributed by atoms with Crippen molar-refractivity contribution < 1.29 is 0 Å². The highest BCUT2D eigenvalue weighted by Crippen LogP contribution is 2.32. The van der Waals surface area contributed by atoms with Gasteiger partial charge in [-0.05, 0) is 41.8 Å². The Labute approximate surface area is 128 Å². The number of hydrogen-bond donors (Lipinski definition) is 2. The maximum atomic E-state index is 7.63. The molecule has 2 aromatic rings. The molecule has 0 aliphatic rings. The first-order valence-electron chi connectivity index (χ1n) is 6.39. The number of halogens is 1. The summed E-state index contributed by atoms with van der Waals surface area (Å²) in [6.07, 6.45) is 0. The van der Waals surface area contributed by atoms with Crippen molar-refractivity contribution in [2.75, 3.05) is 0 Å². The van der Waals surface area contributed by atoms with E-state index < -0.39 is 0 Å². The van der Waals surface area contributed by atoms with Crippen LogP contribution in [0.3, 0.4) is 0 Å². The highest BCUT2D eigenvalue weighted by Gasteiger charge is 2.08. The van der Waals surface area contributed by atoms with Crippen LogP contribution >= 0.6 is 23.4 Å². The largest absolute Gasteiger partial charge is 0.384 e. The number of rotatable bonds is 4. The second-order valence-corrected chi connectivity index (χ2v) is 6.43. The normalized spacial score (nSPS) is 10.8. The standard InChI is InChI=1S/C16H17ClN2S/c1-10(2)11-3-6-13(7-4-11)20-15-8-5-12(17)9-14(15)16(18)19/h3-10H,1-2H3,(H3,18,19). The third-order valence-electron chi connectivity index (χ3n) is 3.01. The Kier molecular flexibility index (Phi) is 4.73. The molecular weight excluding hydrogens is 288 g/mol. The molecule has 4 heteroatoms. The van der Waals surface area contributed by atoms with Crippen LogP contribution in [-0.4, -0.2) is 5.84 Å². The Balaban J connectivity index is 2.28. The van der Waals surface area contributed by atoms with E-state index in [9.17, 15) is 0 Å². The van der Waals surface area contributed by atoms with Gasteiger partial charge in [-0.15, -0.1) is 0 Å². The maximum absolute atomic E-state index is 7.63. The molecule has 0 aliphatic carbocycles. The zero-order valence-electron chi connectivity index (χ0n) is 11.5. The lowest BCUT2D eigenvalue weighted by molar-refractivity contribution is 0.865. The van der Waals surface area contributed by atoms with Gasteiger partial charge in [0.05, 0.1) is 0 Å². The number of nitrogens with two attached hydrogens (primary N) is 1. The molecule has 0 heterocycles. The van der Waals surface area contributed by atoms with Crippen molar-refractivity contribution in [2.24, 2.45) is 5.73 Å². The predicted molar refractivity (Wildman–Crippen MR) is 87.1 cm³/mol. The summed E-state index contributed by atoms with van der Waals surface area (Å²) >= 11 is 7.55. The highest BCUT2D eigenvalue weighted by molar-refractivity contribution is 7.99. The molecule has 0 unspecified atom stereocenters. The Hall–Kier alpha value is -1.45. The Morgan fingerprint density at radius 2 is 1.80 bits per heavy atom. The smallest absolute Gasteiger partial charge is 0.123 e. The van der Waals surface area contributed by atoms with Crippen molar-refractivity contribution in [1.29, 1.82) is 5.41 Å². The van der Waals surface area contributed by atoms with Gasteiger partial charge in [-0.25, -0.2) is 0 Å². The van der Waals surface area contributed by atoms with E-state index in [0.29, 0.717) is 16.5 Å². The van der Waals surface area contributed by atoms with Crippen LogP contribution in [-0.2, 0) is 0 Å². The van der Waals surface area contributed by atoms with Crippen molar-refractivity contribution in [3.8, 4) is 0 Å². The van der Waals surface area contributed by atoms with Crippen molar-refractivity contribution in [2.45, 2.75) is 29.6 Å². The van der Waals surface area contributed by atoms with Gasteiger partial charge in [-0.1, -0.05) is 49.3 Å². The summed E-state index contributed by atoms with van der Waals surface area (Å²) in [6.45, 7) is 4.35. The van der Waals surface area contributed by atoms with E-state index in [1.54, 1.807) is 17.8 Å². The van der Waals surface area contributed by atoms with Gasteiger partial charge in [-0.2, -0.15) is 0 Å². The quantitative estimate of drug-likeness (QED) is 0.623. The fraction of sp³-hybridized carbons (Fsp3) is 0.188. The summed E-state index contributed by atoms with van der Waals surface area (Å²) in [7, 11) is 0. The average molecular weight is 305 g/mol. The Morgan fingerprint density at radius 1 is 1.15 bits per heavy atom. The minimum atomic E-state index is 0.0359. The third kappa shape index (κ3) is 3.56. The van der Waals surface area contributed by atoms with Crippen LogP contribution in [0.2, 0.25) is 5.02 Å². The number of nitrogen functional groups attached to an aromatic ring is 1. The van der Waals surface area contributed by atoms with Crippen LogP contribution < -0.4 is 5.73 Å². The van der Waals surface area contributed by atoms with E-state index in [0.717, 1.165) is 9.79 Å². The summed E-state index contributed by atoms with van der Waals surface area (Å²) in [5.74, 6) is 0.561. The zero-order valence-corrected chi connectivity index (χ0v) is 13.1. The van der Waals surface area contributed by atoms with Gasteiger partial charge in [-0.3, -0.25) is 5.41 Å². The number of nitrogens with one attached hydrogen (secondary N) is 1. The molecule has 0 atom stereocenters. The number of hydrogen-bond acceptors (Lipinski definition) is 2. The molecule has 2 rings (SSSR count). The van der Waals surface area contributed by atoms with Crippen LogP contribution in [0.25, 0.3) is 0 Å². The van der Waals surface area contributed by atoms with Crippen molar-refractivity contribution >= 4 is 29.2 Å². The SMILES string of the molecule is CC(C)c1ccc(Sc2ccc(Cl)cc2C(=N)N)cc1. The molecule has 20 heavy (non-hydrogen) atoms. The van der Waals surface area contributed by atoms with Crippen LogP contribution in [0.4, 0.5) is 0 Å². The molecule has 0 spiro atoms. The van der Waals surface area contributed by atoms with Crippen LogP contribution in [0.15, 0.2) is 52.3 Å². The predicted octanol–water partition coefficient (Wildman–Crippen LogP) is 4.90. The molecule has 2 nitrogen and oxygen atoms in total. The molecule has 0 saturated heterocycles. The summed E-state index contributed by atoms with van der Waals surface area (Å²) in [5.41, 5.74) is 7.61. The summed E-state index contributed by atoms with van der Waals surface area (Å²) in [4.78, 5) is 2.07. The van der Waals surface area contributed by atoms with Gasteiger partial charge in [0.2, 0.25) is 0 Å². The van der Waals surface area contributed by atoms with Gasteiger partial charge in [0, 0.05) is 20.4 Å². The molecule has 0 bridgehead atoms. The van der Waals surface area contributed by atoms with Gasteiger partial charge >= 0.3 is 0 Å². The topological polar surface area (TPSA) is 49.9 Å². The molecule has 0 aliphatic heterocycles. The summed E-state index contributed by atoms with van der Waals surface area (Å²) < 4.78 is 0. The lowest BCUT2D eigenvalue weighted by Crippen LogP contribution is -2.12. The van der Waals surface area contributed by atoms with Crippen molar-refractivity contribution in [1.82, 2.24) is 0 Å². The Bertz CT molecular complexity index is 621. The lowest BCUT2D eigenvalue weighted by Gasteiger charge is -2.10. The van der Waals surface area contributed by atoms with Crippen molar-refractivity contribution in [3.05, 3.63) is 58.6 Å². The van der Waals surface area contributed by atoms with E-state index in [4.69, 9.17) is 22.7 Å². The zero-order chi connectivity index (χ0) is 14.7. The molecular formula is C16H17ClN2S. The molecule has 0 fully saturated rings. The lowest BCUT2D eigenvalue weighted by atomic mass is 10.0. The van der Waals surface area contributed by atoms with Gasteiger partial charge < -0.3 is 5.73 Å². The first kappa shape index (κ1) is 14.9. The Morgan fingerprint density at radius 3 is 2.35 bits per heavy atom. The van der Waals surface area contributed by atoms with E-state index in [-0.39, 0.29) is 5.84 Å². The number of benzene rings is 2. The second-order valence-electron chi connectivity index (χ2n) is 4.88. The van der Waals surface area contributed by atoms with E-state index in [2.05, 4.69) is 38.1 Å². The van der Waals surface area contributed by atoms with Crippen LogP contribution in [0.5, 0.6) is 0 Å². The van der Waals surface area contributed by atoms with E-state index >= 15 is 0 Å². The fourth-order valence-electron chi connectivity index (χ4n) is 1.85. The average Bonchev–Trinajstić information content (AvgIpc) is 2.41. The minimum Gasteiger partial charge on any atom is -0.384 e. The molecule has 0 radical (unpaired) electrons. The first-order chi connectivity index (χ1) is 9.47. The molecule has 2 aromatic carbocycles. The van der Waals surface area contributed by atoms with Gasteiger partial charge in [0.15, 0.2) is 0 Å². The fourth-order valence-corrected chi connectivity index (χ4v) is 2.96. The van der Waals surface area contributed by atoms with Crippen molar-refractivity contribution in [3.63, 3.8) is 0 Å². The van der Waals surface area contributed by atoms with E-state index in [1.165, 1.54) is 5.56 Å². The molecule has 104 valence electrons. The highest BCUT2D eigenvalue weighted by atomic mass is 35.5. The first-order valence-corrected chi connectivity index (χ1v) is 7.58. The summed E-state index contributed by atoms with van der Waals surface area (Å²) in [6, 6.07) is 13.9. The maximum Gasteiger partial charge on any atom is 0.123 e. The van der Waals surface area contributed by atoms with E-state index in [1.807, 2.05) is 12.1 Å². The van der Waals surface area contributed by atoms with Crippen LogP contribution in [0.1, 0.15) is 30.9 Å². The minimum absolute atomic E-state index is 0.0359. The monoisotopic (exact) mass is 304 g/mol. The van der Waals surface area contributed by atoms with Gasteiger partial charge in [0.25, 0.3) is 0 Å². The van der Waals surface area contributed by atoms with Gasteiger partial charge in [0.1, 0.15) is 5.84 Å².